The van der Waals surface area contributed by atoms with Gasteiger partial charge in [0.2, 0.25) is 0 Å². The minimum Gasteiger partial charge on any atom is -0.493 e. The number of β-amino-alcohol motifs (C(OH)–C–C–N with tert-alkyl or cyclic N) is 1. The average Bonchev–Trinajstić information content (AvgIpc) is 2.64. The zero-order chi connectivity index (χ0) is 19.1. The molecule has 0 unspecified atom stereocenters. The number of nitrogens with zero attached hydrogens (tertiary/aromatic N) is 2. The number of hydrogen-bond acceptors (Lipinski definition) is 6. The minimum atomic E-state index is -0.527. The van der Waals surface area contributed by atoms with Crippen molar-refractivity contribution in [1.82, 2.24) is 9.80 Å². The molecule has 0 bridgehead atoms. The van der Waals surface area contributed by atoms with Gasteiger partial charge < -0.3 is 24.2 Å². The van der Waals surface area contributed by atoms with Crippen molar-refractivity contribution in [1.29, 1.82) is 0 Å². The second kappa shape index (κ2) is 10.3. The number of aliphatic hydroxyl groups is 1. The van der Waals surface area contributed by atoms with Gasteiger partial charge >= 0.3 is 0 Å². The van der Waals surface area contributed by atoms with Crippen molar-refractivity contribution in [3.63, 3.8) is 0 Å². The summed E-state index contributed by atoms with van der Waals surface area (Å²) in [4.78, 5) is 4.58. The summed E-state index contributed by atoms with van der Waals surface area (Å²) in [6.45, 7) is 6.13. The third-order valence-electron chi connectivity index (χ3n) is 5.48. The van der Waals surface area contributed by atoms with Crippen molar-refractivity contribution in [2.24, 2.45) is 5.92 Å². The lowest BCUT2D eigenvalue weighted by Crippen LogP contribution is -2.42. The number of ether oxygens (including phenoxy) is 3. The number of hydrogen-bond donors (Lipinski definition) is 1. The fourth-order valence-corrected chi connectivity index (χ4v) is 3.74. The first kappa shape index (κ1) is 20.4. The van der Waals surface area contributed by atoms with Crippen LogP contribution < -0.4 is 9.47 Å². The van der Waals surface area contributed by atoms with Crippen molar-refractivity contribution >= 4 is 0 Å². The van der Waals surface area contributed by atoms with Gasteiger partial charge in [0.25, 0.3) is 0 Å². The van der Waals surface area contributed by atoms with E-state index in [1.165, 1.54) is 24.8 Å². The summed E-state index contributed by atoms with van der Waals surface area (Å²) in [6.07, 6.45) is 3.59. The van der Waals surface area contributed by atoms with Crippen molar-refractivity contribution in [2.45, 2.75) is 31.9 Å². The predicted molar refractivity (Wildman–Crippen MR) is 105 cm³/mol. The Balaban J connectivity index is 1.47. The summed E-state index contributed by atoms with van der Waals surface area (Å²) < 4.78 is 16.7. The van der Waals surface area contributed by atoms with Crippen molar-refractivity contribution in [2.75, 3.05) is 60.2 Å². The average molecular weight is 379 g/mol. The van der Waals surface area contributed by atoms with Crippen LogP contribution in [0.25, 0.3) is 0 Å². The molecule has 1 heterocycles. The van der Waals surface area contributed by atoms with Crippen LogP contribution in [-0.4, -0.2) is 81.2 Å². The quantitative estimate of drug-likeness (QED) is 0.672. The molecule has 27 heavy (non-hydrogen) atoms. The Bertz CT molecular complexity index is 573. The Morgan fingerprint density at radius 2 is 2.04 bits per heavy atom. The highest BCUT2D eigenvalue weighted by molar-refractivity contribution is 5.43. The Morgan fingerprint density at radius 3 is 2.70 bits per heavy atom. The third-order valence-corrected chi connectivity index (χ3v) is 5.48. The molecule has 0 aromatic heterocycles. The molecule has 1 atom stereocenters. The van der Waals surface area contributed by atoms with E-state index in [4.69, 9.17) is 14.2 Å². The highest BCUT2D eigenvalue weighted by Crippen LogP contribution is 2.30. The number of morpholine rings is 1. The van der Waals surface area contributed by atoms with Crippen LogP contribution in [0.15, 0.2) is 18.2 Å². The molecule has 1 saturated heterocycles. The standard InChI is InChI=1S/C21H34N2O4/c1-22(13-17-4-3-5-17)14-18-6-7-20(21(12-18)25-2)27-16-19(24)15-23-8-10-26-11-9-23/h6-7,12,17,19,24H,3-5,8-11,13-16H2,1-2H3/t19-/m1/s1. The van der Waals surface area contributed by atoms with Crippen molar-refractivity contribution in [3.8, 4) is 11.5 Å². The van der Waals surface area contributed by atoms with Gasteiger partial charge in [-0.3, -0.25) is 4.90 Å². The predicted octanol–water partition coefficient (Wildman–Crippen LogP) is 2.00. The second-order valence-corrected chi connectivity index (χ2v) is 7.86. The first-order valence-corrected chi connectivity index (χ1v) is 10.1. The van der Waals surface area contributed by atoms with Crippen LogP contribution in [0.3, 0.4) is 0 Å². The molecular weight excluding hydrogens is 344 g/mol. The van der Waals surface area contributed by atoms with E-state index in [1.807, 2.05) is 12.1 Å². The Labute approximate surface area is 163 Å². The molecule has 2 fully saturated rings. The van der Waals surface area contributed by atoms with Crippen LogP contribution in [-0.2, 0) is 11.3 Å². The van der Waals surface area contributed by atoms with E-state index in [0.29, 0.717) is 12.3 Å². The lowest BCUT2D eigenvalue weighted by molar-refractivity contribution is 0.00445. The number of benzene rings is 1. The van der Waals surface area contributed by atoms with Gasteiger partial charge in [-0.15, -0.1) is 0 Å². The lowest BCUT2D eigenvalue weighted by atomic mass is 9.85. The third kappa shape index (κ3) is 6.35. The van der Waals surface area contributed by atoms with Crippen LogP contribution in [0.4, 0.5) is 0 Å². The highest BCUT2D eigenvalue weighted by atomic mass is 16.5. The van der Waals surface area contributed by atoms with Crippen molar-refractivity contribution in [3.05, 3.63) is 23.8 Å². The molecule has 1 aliphatic carbocycles. The number of methoxy groups -OCH3 is 1. The van der Waals surface area contributed by atoms with Gasteiger partial charge in [-0.05, 0) is 43.5 Å². The largest absolute Gasteiger partial charge is 0.493 e. The van der Waals surface area contributed by atoms with Crippen LogP contribution in [0, 0.1) is 5.92 Å². The van der Waals surface area contributed by atoms with Gasteiger partial charge in [0.05, 0.1) is 20.3 Å². The summed E-state index contributed by atoms with van der Waals surface area (Å²) >= 11 is 0. The van der Waals surface area contributed by atoms with Crippen LogP contribution in [0.2, 0.25) is 0 Å². The fourth-order valence-electron chi connectivity index (χ4n) is 3.74. The van der Waals surface area contributed by atoms with E-state index in [0.717, 1.165) is 51.1 Å². The zero-order valence-corrected chi connectivity index (χ0v) is 16.7. The molecule has 6 nitrogen and oxygen atoms in total. The number of aliphatic hydroxyl groups excluding tert-OH is 1. The van der Waals surface area contributed by atoms with E-state index in [9.17, 15) is 5.11 Å². The molecule has 3 rings (SSSR count). The van der Waals surface area contributed by atoms with Crippen molar-refractivity contribution < 1.29 is 19.3 Å². The topological polar surface area (TPSA) is 54.4 Å². The molecule has 0 radical (unpaired) electrons. The number of rotatable bonds is 10. The molecule has 0 amide bonds. The van der Waals surface area contributed by atoms with Gasteiger partial charge in [-0.1, -0.05) is 12.5 Å². The summed E-state index contributed by atoms with van der Waals surface area (Å²) in [5.41, 5.74) is 1.22. The van der Waals surface area contributed by atoms with E-state index < -0.39 is 6.10 Å². The molecule has 0 spiro atoms. The van der Waals surface area contributed by atoms with Crippen LogP contribution in [0.1, 0.15) is 24.8 Å². The maximum absolute atomic E-state index is 10.3. The Hall–Kier alpha value is -1.34. The maximum Gasteiger partial charge on any atom is 0.161 e. The summed E-state index contributed by atoms with van der Waals surface area (Å²) in [6, 6.07) is 6.08. The zero-order valence-electron chi connectivity index (χ0n) is 16.7. The van der Waals surface area contributed by atoms with E-state index in [-0.39, 0.29) is 6.61 Å². The monoisotopic (exact) mass is 378 g/mol. The lowest BCUT2D eigenvalue weighted by Gasteiger charge is -2.30. The molecule has 152 valence electrons. The van der Waals surface area contributed by atoms with Gasteiger partial charge in [-0.25, -0.2) is 0 Å². The maximum atomic E-state index is 10.3. The Morgan fingerprint density at radius 1 is 1.26 bits per heavy atom. The summed E-state index contributed by atoms with van der Waals surface area (Å²) in [7, 11) is 3.84. The van der Waals surface area contributed by atoms with E-state index >= 15 is 0 Å². The molecule has 6 heteroatoms. The summed E-state index contributed by atoms with van der Waals surface area (Å²) in [5, 5.41) is 10.3. The van der Waals surface area contributed by atoms with Gasteiger partial charge in [0, 0.05) is 32.7 Å². The second-order valence-electron chi connectivity index (χ2n) is 7.86. The molecule has 1 saturated carbocycles. The Kier molecular flexibility index (Phi) is 7.76. The van der Waals surface area contributed by atoms with E-state index in [2.05, 4.69) is 22.9 Å². The molecule has 2 aliphatic rings. The molecule has 1 aromatic rings. The van der Waals surface area contributed by atoms with Gasteiger partial charge in [-0.2, -0.15) is 0 Å². The molecule has 1 aromatic carbocycles. The summed E-state index contributed by atoms with van der Waals surface area (Å²) in [5.74, 6) is 2.28. The van der Waals surface area contributed by atoms with Crippen LogP contribution >= 0.6 is 0 Å². The minimum absolute atomic E-state index is 0.259. The smallest absolute Gasteiger partial charge is 0.161 e. The SMILES string of the molecule is COc1cc(CN(C)CC2CCC2)ccc1OC[C@H](O)CN1CCOCC1. The van der Waals surface area contributed by atoms with Gasteiger partial charge in [0.1, 0.15) is 12.7 Å². The highest BCUT2D eigenvalue weighted by Gasteiger charge is 2.19. The molecule has 1 aliphatic heterocycles. The van der Waals surface area contributed by atoms with Crippen LogP contribution in [0.5, 0.6) is 11.5 Å². The first-order valence-electron chi connectivity index (χ1n) is 10.1. The van der Waals surface area contributed by atoms with Gasteiger partial charge in [0.15, 0.2) is 11.5 Å². The first-order chi connectivity index (χ1) is 13.1. The van der Waals surface area contributed by atoms with E-state index in [1.54, 1.807) is 7.11 Å². The molecule has 1 N–H and O–H groups in total. The molecular formula is C21H34N2O4. The normalized spacial score (nSPS) is 19.7. The fraction of sp³-hybridized carbons (Fsp3) is 0.714.